The molecule has 0 spiro atoms. The van der Waals surface area contributed by atoms with E-state index in [0.29, 0.717) is 13.0 Å². The van der Waals surface area contributed by atoms with Gasteiger partial charge in [0.05, 0.1) is 18.1 Å². The van der Waals surface area contributed by atoms with Gasteiger partial charge in [0.1, 0.15) is 0 Å². The normalized spacial score (nSPS) is 36.7. The quantitative estimate of drug-likeness (QED) is 0.769. The number of hydrogen-bond acceptors (Lipinski definition) is 4. The molecule has 4 heteroatoms. The fraction of sp³-hybridized carbons (Fsp3) is 0.929. The number of esters is 1. The lowest BCUT2D eigenvalue weighted by Crippen LogP contribution is -2.55. The summed E-state index contributed by atoms with van der Waals surface area (Å²) in [6.07, 6.45) is 1.69. The van der Waals surface area contributed by atoms with Crippen LogP contribution in [0.5, 0.6) is 0 Å². The molecule has 0 aliphatic carbocycles. The summed E-state index contributed by atoms with van der Waals surface area (Å²) in [7, 11) is 0. The van der Waals surface area contributed by atoms with Gasteiger partial charge in [-0.2, -0.15) is 0 Å². The van der Waals surface area contributed by atoms with Crippen LogP contribution in [-0.4, -0.2) is 47.8 Å². The molecule has 1 N–H and O–H groups in total. The molecule has 2 saturated heterocycles. The second-order valence-electron chi connectivity index (χ2n) is 6.00. The van der Waals surface area contributed by atoms with Gasteiger partial charge in [0, 0.05) is 19.0 Å². The summed E-state index contributed by atoms with van der Waals surface area (Å²) in [4.78, 5) is 14.5. The van der Waals surface area contributed by atoms with E-state index in [1.807, 2.05) is 20.8 Å². The smallest absolute Gasteiger partial charge is 0.312 e. The molecule has 2 rings (SSSR count). The Bertz CT molecular complexity index is 318. The van der Waals surface area contributed by atoms with Crippen molar-refractivity contribution in [1.29, 1.82) is 0 Å². The molecular weight excluding hydrogens is 230 g/mol. The lowest BCUT2D eigenvalue weighted by atomic mass is 9.69. The summed E-state index contributed by atoms with van der Waals surface area (Å²) in [6.45, 7) is 9.09. The van der Waals surface area contributed by atoms with Crippen molar-refractivity contribution in [2.24, 2.45) is 17.8 Å². The van der Waals surface area contributed by atoms with Crippen LogP contribution in [0.3, 0.4) is 0 Å². The largest absolute Gasteiger partial charge is 0.466 e. The zero-order valence-electron chi connectivity index (χ0n) is 11.7. The number of hydrogen-bond donors (Lipinski definition) is 1. The summed E-state index contributed by atoms with van der Waals surface area (Å²) < 4.78 is 5.18. The van der Waals surface area contributed by atoms with E-state index in [4.69, 9.17) is 4.74 Å². The molecule has 0 radical (unpaired) electrons. The van der Waals surface area contributed by atoms with Gasteiger partial charge in [-0.1, -0.05) is 13.8 Å². The summed E-state index contributed by atoms with van der Waals surface area (Å²) in [6, 6.07) is 0. The molecule has 0 aromatic carbocycles. The average Bonchev–Trinajstić information content (AvgIpc) is 2.69. The van der Waals surface area contributed by atoms with Crippen molar-refractivity contribution in [2.45, 2.75) is 39.2 Å². The first-order chi connectivity index (χ1) is 8.49. The molecule has 104 valence electrons. The Morgan fingerprint density at radius 2 is 2.22 bits per heavy atom. The number of piperidine rings is 1. The molecule has 0 aromatic rings. The summed E-state index contributed by atoms with van der Waals surface area (Å²) in [5, 5.41) is 11.1. The van der Waals surface area contributed by atoms with E-state index in [1.54, 1.807) is 0 Å². The summed E-state index contributed by atoms with van der Waals surface area (Å²) >= 11 is 0. The Morgan fingerprint density at radius 1 is 1.50 bits per heavy atom. The zero-order chi connectivity index (χ0) is 13.3. The van der Waals surface area contributed by atoms with Crippen molar-refractivity contribution >= 4 is 5.97 Å². The molecule has 2 bridgehead atoms. The van der Waals surface area contributed by atoms with Crippen LogP contribution in [0.4, 0.5) is 0 Å². The van der Waals surface area contributed by atoms with Crippen molar-refractivity contribution < 1.29 is 14.6 Å². The maximum absolute atomic E-state index is 12.2. The molecule has 2 heterocycles. The molecule has 4 atom stereocenters. The Balaban J connectivity index is 2.21. The molecule has 18 heavy (non-hydrogen) atoms. The number of rotatable bonds is 4. The van der Waals surface area contributed by atoms with Gasteiger partial charge in [-0.15, -0.1) is 0 Å². The van der Waals surface area contributed by atoms with Gasteiger partial charge >= 0.3 is 5.97 Å². The highest BCUT2D eigenvalue weighted by atomic mass is 16.5. The lowest BCUT2D eigenvalue weighted by molar-refractivity contribution is -0.171. The summed E-state index contributed by atoms with van der Waals surface area (Å²) in [5.41, 5.74) is -0.868. The zero-order valence-corrected chi connectivity index (χ0v) is 11.7. The molecule has 2 fully saturated rings. The minimum absolute atomic E-state index is 0.112. The molecular formula is C14H25NO3. The number of carbonyl (C=O) groups excluding carboxylic acids is 1. The van der Waals surface area contributed by atoms with Gasteiger partial charge in [0.25, 0.3) is 0 Å². The van der Waals surface area contributed by atoms with Crippen LogP contribution in [0.2, 0.25) is 0 Å². The molecule has 4 unspecified atom stereocenters. The fourth-order valence-electron chi connectivity index (χ4n) is 3.68. The third-order valence-electron chi connectivity index (χ3n) is 4.55. The van der Waals surface area contributed by atoms with E-state index in [1.165, 1.54) is 0 Å². The topological polar surface area (TPSA) is 49.8 Å². The third kappa shape index (κ3) is 2.28. The van der Waals surface area contributed by atoms with Crippen LogP contribution in [-0.2, 0) is 9.53 Å². The molecule has 0 saturated carbocycles. The van der Waals surface area contributed by atoms with Gasteiger partial charge in [-0.3, -0.25) is 4.79 Å². The number of fused-ring (bicyclic) bond motifs is 2. The first kappa shape index (κ1) is 13.8. The van der Waals surface area contributed by atoms with Gasteiger partial charge < -0.3 is 14.7 Å². The standard InChI is InChI=1S/C14H25NO3/c1-4-18-13(16)12(10(2)3)14(17)6-8-15-7-5-11(14)9-15/h10-12,17H,4-9H2,1-3H3. The number of ether oxygens (including phenoxy) is 1. The molecule has 2 aliphatic rings. The van der Waals surface area contributed by atoms with Crippen LogP contribution in [0.15, 0.2) is 0 Å². The number of carbonyl (C=O) groups is 1. The summed E-state index contributed by atoms with van der Waals surface area (Å²) in [5.74, 6) is -0.276. The maximum Gasteiger partial charge on any atom is 0.312 e. The lowest BCUT2D eigenvalue weighted by Gasteiger charge is -2.44. The molecule has 0 aromatic heterocycles. The van der Waals surface area contributed by atoms with Crippen molar-refractivity contribution in [2.75, 3.05) is 26.2 Å². The van der Waals surface area contributed by atoms with Gasteiger partial charge in [-0.25, -0.2) is 0 Å². The third-order valence-corrected chi connectivity index (χ3v) is 4.55. The van der Waals surface area contributed by atoms with Gasteiger partial charge in [0.2, 0.25) is 0 Å². The SMILES string of the molecule is CCOC(=O)C(C(C)C)C1(O)CCN2CCC1C2. The van der Waals surface area contributed by atoms with Crippen LogP contribution < -0.4 is 0 Å². The van der Waals surface area contributed by atoms with E-state index in [9.17, 15) is 9.90 Å². The Kier molecular flexibility index (Phi) is 3.97. The molecule has 2 aliphatic heterocycles. The highest BCUT2D eigenvalue weighted by molar-refractivity contribution is 5.74. The second-order valence-corrected chi connectivity index (χ2v) is 6.00. The first-order valence-electron chi connectivity index (χ1n) is 7.10. The predicted octanol–water partition coefficient (Wildman–Crippen LogP) is 1.28. The average molecular weight is 255 g/mol. The van der Waals surface area contributed by atoms with Crippen LogP contribution in [0.1, 0.15) is 33.6 Å². The highest BCUT2D eigenvalue weighted by Crippen LogP contribution is 2.43. The van der Waals surface area contributed by atoms with Crippen molar-refractivity contribution in [3.8, 4) is 0 Å². The minimum Gasteiger partial charge on any atom is -0.466 e. The van der Waals surface area contributed by atoms with E-state index < -0.39 is 5.60 Å². The Morgan fingerprint density at radius 3 is 2.83 bits per heavy atom. The number of aliphatic hydroxyl groups is 1. The highest BCUT2D eigenvalue weighted by Gasteiger charge is 2.53. The van der Waals surface area contributed by atoms with E-state index in [2.05, 4.69) is 4.90 Å². The maximum atomic E-state index is 12.2. The van der Waals surface area contributed by atoms with E-state index in [0.717, 1.165) is 26.1 Å². The van der Waals surface area contributed by atoms with Crippen molar-refractivity contribution in [3.63, 3.8) is 0 Å². The van der Waals surface area contributed by atoms with Crippen LogP contribution in [0.25, 0.3) is 0 Å². The fourth-order valence-corrected chi connectivity index (χ4v) is 3.68. The van der Waals surface area contributed by atoms with Crippen LogP contribution in [0, 0.1) is 17.8 Å². The molecule has 0 amide bonds. The van der Waals surface area contributed by atoms with E-state index in [-0.39, 0.29) is 23.7 Å². The van der Waals surface area contributed by atoms with Gasteiger partial charge in [0.15, 0.2) is 0 Å². The van der Waals surface area contributed by atoms with Crippen molar-refractivity contribution in [1.82, 2.24) is 4.90 Å². The Labute approximate surface area is 109 Å². The van der Waals surface area contributed by atoms with Gasteiger partial charge in [-0.05, 0) is 32.2 Å². The predicted molar refractivity (Wildman–Crippen MR) is 69.1 cm³/mol. The Hall–Kier alpha value is -0.610. The van der Waals surface area contributed by atoms with E-state index >= 15 is 0 Å². The number of nitrogens with zero attached hydrogens (tertiary/aromatic N) is 1. The van der Waals surface area contributed by atoms with Crippen LogP contribution >= 0.6 is 0 Å². The van der Waals surface area contributed by atoms with Crippen molar-refractivity contribution in [3.05, 3.63) is 0 Å². The molecule has 4 nitrogen and oxygen atoms in total. The monoisotopic (exact) mass is 255 g/mol. The first-order valence-corrected chi connectivity index (χ1v) is 7.10. The minimum atomic E-state index is -0.868. The second kappa shape index (κ2) is 5.17.